The molecule has 6 heteroatoms. The Morgan fingerprint density at radius 3 is 2.33 bits per heavy atom. The maximum absolute atomic E-state index is 12.5. The minimum absolute atomic E-state index is 0.187. The van der Waals surface area contributed by atoms with Crippen molar-refractivity contribution in [2.24, 2.45) is 11.1 Å². The zero-order valence-corrected chi connectivity index (χ0v) is 14.8. The number of nitrogens with zero attached hydrogens (tertiary/aromatic N) is 2. The van der Waals surface area contributed by atoms with Gasteiger partial charge in [-0.1, -0.05) is 27.2 Å². The van der Waals surface area contributed by atoms with Crippen LogP contribution in [0.3, 0.4) is 0 Å². The molecule has 0 atom stereocenters. The summed E-state index contributed by atoms with van der Waals surface area (Å²) in [5.74, 6) is 0.233. The van der Waals surface area contributed by atoms with Crippen LogP contribution in [-0.2, 0) is 10.0 Å². The molecule has 21 heavy (non-hydrogen) atoms. The number of sulfonamides is 1. The summed E-state index contributed by atoms with van der Waals surface area (Å²) in [6, 6.07) is 0. The molecule has 2 N–H and O–H groups in total. The Kier molecular flexibility index (Phi) is 7.60. The third-order valence-corrected chi connectivity index (χ3v) is 6.12. The minimum atomic E-state index is -3.13. The van der Waals surface area contributed by atoms with Gasteiger partial charge in [0.1, 0.15) is 0 Å². The molecule has 0 saturated carbocycles. The van der Waals surface area contributed by atoms with Gasteiger partial charge in [-0.2, -0.15) is 0 Å². The first kappa shape index (κ1) is 18.9. The average Bonchev–Trinajstić information content (AvgIpc) is 2.58. The van der Waals surface area contributed by atoms with E-state index in [-0.39, 0.29) is 11.2 Å². The highest BCUT2D eigenvalue weighted by molar-refractivity contribution is 7.89. The SMILES string of the molecule is CC(C)(C)CS(=O)(=O)N1CCCN(CCCCCN)CC1. The molecule has 0 radical (unpaired) electrons. The van der Waals surface area contributed by atoms with E-state index in [1.54, 1.807) is 4.31 Å². The van der Waals surface area contributed by atoms with Crippen LogP contribution in [0.5, 0.6) is 0 Å². The first-order chi connectivity index (χ1) is 9.74. The van der Waals surface area contributed by atoms with Crippen LogP contribution in [0.15, 0.2) is 0 Å². The van der Waals surface area contributed by atoms with E-state index in [1.165, 1.54) is 6.42 Å². The first-order valence-electron chi connectivity index (χ1n) is 8.15. The minimum Gasteiger partial charge on any atom is -0.330 e. The molecule has 1 heterocycles. The Labute approximate surface area is 130 Å². The Morgan fingerprint density at radius 1 is 1.00 bits per heavy atom. The van der Waals surface area contributed by atoms with Crippen molar-refractivity contribution in [3.63, 3.8) is 0 Å². The lowest BCUT2D eigenvalue weighted by Gasteiger charge is -2.25. The summed E-state index contributed by atoms with van der Waals surface area (Å²) in [7, 11) is -3.13. The zero-order valence-electron chi connectivity index (χ0n) is 14.0. The summed E-state index contributed by atoms with van der Waals surface area (Å²) in [6.45, 7) is 10.9. The van der Waals surface area contributed by atoms with E-state index >= 15 is 0 Å². The van der Waals surface area contributed by atoms with Gasteiger partial charge in [-0.3, -0.25) is 0 Å². The van der Waals surface area contributed by atoms with Crippen LogP contribution in [0.1, 0.15) is 46.5 Å². The number of hydrogen-bond acceptors (Lipinski definition) is 4. The molecule has 0 aromatic rings. The molecule has 0 spiro atoms. The van der Waals surface area contributed by atoms with Gasteiger partial charge in [0, 0.05) is 19.6 Å². The third kappa shape index (κ3) is 7.58. The fraction of sp³-hybridized carbons (Fsp3) is 1.00. The Hall–Kier alpha value is -0.170. The lowest BCUT2D eigenvalue weighted by atomic mass is 10.0. The number of hydrogen-bond donors (Lipinski definition) is 1. The van der Waals surface area contributed by atoms with Crippen molar-refractivity contribution < 1.29 is 8.42 Å². The number of unbranched alkanes of at least 4 members (excludes halogenated alkanes) is 2. The van der Waals surface area contributed by atoms with Crippen molar-refractivity contribution in [3.8, 4) is 0 Å². The third-order valence-electron chi connectivity index (χ3n) is 3.73. The zero-order chi connectivity index (χ0) is 15.9. The van der Waals surface area contributed by atoms with Gasteiger partial charge in [0.05, 0.1) is 5.75 Å². The fourth-order valence-electron chi connectivity index (χ4n) is 2.74. The molecule has 1 aliphatic heterocycles. The van der Waals surface area contributed by atoms with Crippen molar-refractivity contribution in [2.45, 2.75) is 46.5 Å². The van der Waals surface area contributed by atoms with Crippen LogP contribution in [0.4, 0.5) is 0 Å². The van der Waals surface area contributed by atoms with E-state index in [1.807, 2.05) is 20.8 Å². The largest absolute Gasteiger partial charge is 0.330 e. The smallest absolute Gasteiger partial charge is 0.214 e. The molecule has 1 aliphatic rings. The van der Waals surface area contributed by atoms with Crippen LogP contribution < -0.4 is 5.73 Å². The molecular formula is C15H33N3O2S. The highest BCUT2D eigenvalue weighted by atomic mass is 32.2. The Balaban J connectivity index is 2.45. The molecule has 1 rings (SSSR count). The highest BCUT2D eigenvalue weighted by Gasteiger charge is 2.29. The molecule has 0 unspecified atom stereocenters. The van der Waals surface area contributed by atoms with Crippen molar-refractivity contribution in [3.05, 3.63) is 0 Å². The second-order valence-corrected chi connectivity index (χ2v) is 9.23. The van der Waals surface area contributed by atoms with E-state index < -0.39 is 10.0 Å². The van der Waals surface area contributed by atoms with E-state index in [2.05, 4.69) is 4.90 Å². The molecule has 0 bridgehead atoms. The van der Waals surface area contributed by atoms with E-state index in [9.17, 15) is 8.42 Å². The summed E-state index contributed by atoms with van der Waals surface area (Å²) in [5, 5.41) is 0. The van der Waals surface area contributed by atoms with Crippen LogP contribution in [-0.4, -0.2) is 62.6 Å². The van der Waals surface area contributed by atoms with Gasteiger partial charge < -0.3 is 10.6 Å². The molecule has 0 aliphatic carbocycles. The quantitative estimate of drug-likeness (QED) is 0.722. The monoisotopic (exact) mass is 319 g/mol. The molecule has 126 valence electrons. The molecule has 1 saturated heterocycles. The summed E-state index contributed by atoms with van der Waals surface area (Å²) >= 11 is 0. The molecule has 0 aromatic heterocycles. The van der Waals surface area contributed by atoms with Gasteiger partial charge >= 0.3 is 0 Å². The molecule has 0 amide bonds. The van der Waals surface area contributed by atoms with E-state index in [0.717, 1.165) is 45.4 Å². The van der Waals surface area contributed by atoms with Crippen molar-refractivity contribution in [1.82, 2.24) is 9.21 Å². The maximum Gasteiger partial charge on any atom is 0.214 e. The fourth-order valence-corrected chi connectivity index (χ4v) is 4.79. The number of rotatable bonds is 7. The summed E-state index contributed by atoms with van der Waals surface area (Å²) in [4.78, 5) is 2.39. The summed E-state index contributed by atoms with van der Waals surface area (Å²) in [6.07, 6.45) is 4.34. The van der Waals surface area contributed by atoms with E-state index in [4.69, 9.17) is 5.73 Å². The molecule has 5 nitrogen and oxygen atoms in total. The van der Waals surface area contributed by atoms with Crippen molar-refractivity contribution >= 4 is 10.0 Å². The predicted molar refractivity (Wildman–Crippen MR) is 88.8 cm³/mol. The second-order valence-electron chi connectivity index (χ2n) is 7.26. The van der Waals surface area contributed by atoms with Crippen LogP contribution in [0.25, 0.3) is 0 Å². The molecule has 1 fully saturated rings. The van der Waals surface area contributed by atoms with Crippen molar-refractivity contribution in [1.29, 1.82) is 0 Å². The molecule has 0 aromatic carbocycles. The number of nitrogens with two attached hydrogens (primary N) is 1. The standard InChI is InChI=1S/C15H33N3O2S/c1-15(2,3)14-21(19,20)18-11-7-10-17(12-13-18)9-6-4-5-8-16/h4-14,16H2,1-3H3. The van der Waals surface area contributed by atoms with Gasteiger partial charge in [-0.15, -0.1) is 0 Å². The van der Waals surface area contributed by atoms with Gasteiger partial charge in [-0.05, 0) is 44.3 Å². The predicted octanol–water partition coefficient (Wildman–Crippen LogP) is 1.50. The lowest BCUT2D eigenvalue weighted by Crippen LogP contribution is -2.39. The van der Waals surface area contributed by atoms with Crippen LogP contribution in [0, 0.1) is 5.41 Å². The highest BCUT2D eigenvalue weighted by Crippen LogP contribution is 2.20. The Bertz CT molecular complexity index is 390. The van der Waals surface area contributed by atoms with Crippen molar-refractivity contribution in [2.75, 3.05) is 45.0 Å². The summed E-state index contributed by atoms with van der Waals surface area (Å²) in [5.41, 5.74) is 5.31. The van der Waals surface area contributed by atoms with Gasteiger partial charge in [0.15, 0.2) is 0 Å². The van der Waals surface area contributed by atoms with Gasteiger partial charge in [0.2, 0.25) is 10.0 Å². The van der Waals surface area contributed by atoms with Gasteiger partial charge in [0.25, 0.3) is 0 Å². The molecular weight excluding hydrogens is 286 g/mol. The van der Waals surface area contributed by atoms with Crippen LogP contribution >= 0.6 is 0 Å². The topological polar surface area (TPSA) is 66.6 Å². The lowest BCUT2D eigenvalue weighted by molar-refractivity contribution is 0.279. The second kappa shape index (κ2) is 8.46. The maximum atomic E-state index is 12.5. The van der Waals surface area contributed by atoms with Crippen LogP contribution in [0.2, 0.25) is 0 Å². The first-order valence-corrected chi connectivity index (χ1v) is 9.76. The average molecular weight is 320 g/mol. The normalized spacial score (nSPS) is 19.6. The summed E-state index contributed by atoms with van der Waals surface area (Å²) < 4.78 is 26.6. The Morgan fingerprint density at radius 2 is 1.71 bits per heavy atom. The van der Waals surface area contributed by atoms with Gasteiger partial charge in [-0.25, -0.2) is 12.7 Å². The van der Waals surface area contributed by atoms with E-state index in [0.29, 0.717) is 13.1 Å².